The number of rotatable bonds is 8. The second-order valence-corrected chi connectivity index (χ2v) is 9.61. The molecule has 0 atom stereocenters. The van der Waals surface area contributed by atoms with Gasteiger partial charge in [-0.1, -0.05) is 13.8 Å². The number of nitrogen functional groups attached to an aromatic ring is 1. The largest absolute Gasteiger partial charge is 0.444 e. The van der Waals surface area contributed by atoms with Crippen molar-refractivity contribution in [1.82, 2.24) is 4.90 Å². The Hall–Kier alpha value is -1.73. The molecule has 0 radical (unpaired) electrons. The molecule has 28 heavy (non-hydrogen) atoms. The zero-order valence-electron chi connectivity index (χ0n) is 17.6. The van der Waals surface area contributed by atoms with Crippen molar-refractivity contribution in [2.75, 3.05) is 44.4 Å². The lowest BCUT2D eigenvalue weighted by Crippen LogP contribution is -2.45. The molecule has 1 rings (SSSR count). The van der Waals surface area contributed by atoms with Crippen LogP contribution in [0.4, 0.5) is 16.2 Å². The highest BCUT2D eigenvalue weighted by Crippen LogP contribution is 2.29. The number of methoxy groups -OCH3 is 1. The van der Waals surface area contributed by atoms with Crippen molar-refractivity contribution in [3.05, 3.63) is 21.3 Å². The van der Waals surface area contributed by atoms with E-state index in [9.17, 15) is 4.79 Å². The predicted molar refractivity (Wildman–Crippen MR) is 120 cm³/mol. The lowest BCUT2D eigenvalue weighted by atomic mass is 9.92. The third kappa shape index (κ3) is 8.10. The molecule has 3 N–H and O–H groups in total. The first-order valence-electron chi connectivity index (χ1n) is 9.08. The van der Waals surface area contributed by atoms with Gasteiger partial charge in [0.1, 0.15) is 5.60 Å². The number of hydrogen-bond acceptors (Lipinski definition) is 6. The van der Waals surface area contributed by atoms with Gasteiger partial charge in [-0.3, -0.25) is 0 Å². The van der Waals surface area contributed by atoms with E-state index in [4.69, 9.17) is 20.5 Å². The maximum atomic E-state index is 12.6. The van der Waals surface area contributed by atoms with Gasteiger partial charge in [0.05, 0.1) is 29.6 Å². The van der Waals surface area contributed by atoms with Crippen LogP contribution >= 0.6 is 22.6 Å². The van der Waals surface area contributed by atoms with Crippen LogP contribution in [0.1, 0.15) is 40.2 Å². The molecule has 0 bridgehead atoms. The quantitative estimate of drug-likeness (QED) is 0.411. The van der Waals surface area contributed by atoms with Crippen LogP contribution in [0.3, 0.4) is 0 Å². The second-order valence-electron chi connectivity index (χ2n) is 8.45. The van der Waals surface area contributed by atoms with E-state index in [1.165, 1.54) is 0 Å². The Labute approximate surface area is 181 Å². The van der Waals surface area contributed by atoms with Crippen molar-refractivity contribution in [3.8, 4) is 6.07 Å². The van der Waals surface area contributed by atoms with Crippen LogP contribution in [-0.2, 0) is 9.47 Å². The van der Waals surface area contributed by atoms with Crippen molar-refractivity contribution in [3.63, 3.8) is 0 Å². The van der Waals surface area contributed by atoms with Gasteiger partial charge in [-0.25, -0.2) is 4.79 Å². The Kier molecular flexibility index (Phi) is 8.82. The average Bonchev–Trinajstić information content (AvgIpc) is 2.55. The number of halogens is 1. The minimum Gasteiger partial charge on any atom is -0.444 e. The van der Waals surface area contributed by atoms with E-state index in [0.29, 0.717) is 37.5 Å². The van der Waals surface area contributed by atoms with Crippen molar-refractivity contribution in [2.45, 2.75) is 40.2 Å². The average molecular weight is 502 g/mol. The van der Waals surface area contributed by atoms with Crippen molar-refractivity contribution in [2.24, 2.45) is 5.41 Å². The fourth-order valence-electron chi connectivity index (χ4n) is 2.54. The van der Waals surface area contributed by atoms with Gasteiger partial charge in [0.25, 0.3) is 0 Å². The number of nitrogens with zero attached hydrogens (tertiary/aromatic N) is 2. The van der Waals surface area contributed by atoms with Crippen LogP contribution in [0.5, 0.6) is 0 Å². The first-order chi connectivity index (χ1) is 12.9. The molecular weight excluding hydrogens is 471 g/mol. The summed E-state index contributed by atoms with van der Waals surface area (Å²) < 4.78 is 11.6. The molecule has 156 valence electrons. The highest BCUT2D eigenvalue weighted by Gasteiger charge is 2.28. The lowest BCUT2D eigenvalue weighted by Gasteiger charge is -2.34. The Morgan fingerprint density at radius 1 is 1.32 bits per heavy atom. The molecule has 0 unspecified atom stereocenters. The lowest BCUT2D eigenvalue weighted by molar-refractivity contribution is 0.0132. The molecule has 0 aliphatic carbocycles. The second kappa shape index (κ2) is 10.2. The van der Waals surface area contributed by atoms with Crippen LogP contribution in [0.15, 0.2) is 12.1 Å². The van der Waals surface area contributed by atoms with Crippen LogP contribution in [0.2, 0.25) is 0 Å². The van der Waals surface area contributed by atoms with Crippen molar-refractivity contribution in [1.29, 1.82) is 5.26 Å². The minimum absolute atomic E-state index is 0.256. The van der Waals surface area contributed by atoms with Crippen LogP contribution in [0.25, 0.3) is 0 Å². The SMILES string of the molecule is COCCN(CC(C)(C)CNc1c(N)cc(C#N)cc1I)C(=O)OC(C)(C)C. The van der Waals surface area contributed by atoms with Gasteiger partial charge in [0, 0.05) is 30.3 Å². The Bertz CT molecular complexity index is 700. The summed E-state index contributed by atoms with van der Waals surface area (Å²) in [5.41, 5.74) is 7.14. The van der Waals surface area contributed by atoms with Crippen LogP contribution in [0, 0.1) is 20.3 Å². The highest BCUT2D eigenvalue weighted by molar-refractivity contribution is 14.1. The molecule has 1 amide bonds. The predicted octanol–water partition coefficient (Wildman–Crippen LogP) is 4.07. The maximum absolute atomic E-state index is 12.6. The summed E-state index contributed by atoms with van der Waals surface area (Å²) in [6.45, 7) is 11.6. The third-order valence-corrected chi connectivity index (χ3v) is 4.68. The summed E-state index contributed by atoms with van der Waals surface area (Å²) in [7, 11) is 1.61. The molecule has 0 saturated heterocycles. The number of nitrogens with two attached hydrogens (primary N) is 1. The third-order valence-electron chi connectivity index (χ3n) is 3.83. The van der Waals surface area contributed by atoms with Gasteiger partial charge in [-0.15, -0.1) is 0 Å². The number of nitriles is 1. The fraction of sp³-hybridized carbons (Fsp3) is 0.600. The summed E-state index contributed by atoms with van der Waals surface area (Å²) in [6, 6.07) is 5.55. The van der Waals surface area contributed by atoms with Crippen molar-refractivity contribution >= 4 is 40.1 Å². The van der Waals surface area contributed by atoms with Crippen LogP contribution < -0.4 is 11.1 Å². The van der Waals surface area contributed by atoms with E-state index in [-0.39, 0.29) is 11.5 Å². The molecular formula is C20H31IN4O3. The number of anilines is 2. The van der Waals surface area contributed by atoms with E-state index >= 15 is 0 Å². The molecule has 0 fully saturated rings. The molecule has 0 saturated carbocycles. The molecule has 7 nitrogen and oxygen atoms in total. The number of amides is 1. The van der Waals surface area contributed by atoms with Gasteiger partial charge < -0.3 is 25.4 Å². The summed E-state index contributed by atoms with van der Waals surface area (Å²) in [5, 5.41) is 12.4. The van der Waals surface area contributed by atoms with Crippen molar-refractivity contribution < 1.29 is 14.3 Å². The summed E-state index contributed by atoms with van der Waals surface area (Å²) in [4.78, 5) is 14.2. The Morgan fingerprint density at radius 2 is 1.96 bits per heavy atom. The van der Waals surface area contributed by atoms with E-state index in [0.717, 1.165) is 9.26 Å². The number of ether oxygens (including phenoxy) is 2. The topological polar surface area (TPSA) is 101 Å². The summed E-state index contributed by atoms with van der Waals surface area (Å²) >= 11 is 2.16. The molecule has 0 aromatic heterocycles. The van der Waals surface area contributed by atoms with E-state index in [2.05, 4.69) is 47.8 Å². The van der Waals surface area contributed by atoms with Gasteiger partial charge in [0.15, 0.2) is 0 Å². The monoisotopic (exact) mass is 502 g/mol. The number of carbonyl (C=O) groups excluding carboxylic acids is 1. The Balaban J connectivity index is 2.86. The first-order valence-corrected chi connectivity index (χ1v) is 10.2. The molecule has 1 aromatic carbocycles. The fourth-order valence-corrected chi connectivity index (χ4v) is 3.38. The normalized spacial score (nSPS) is 11.6. The smallest absolute Gasteiger partial charge is 0.410 e. The molecule has 1 aromatic rings. The summed E-state index contributed by atoms with van der Waals surface area (Å²) in [6.07, 6.45) is -0.356. The zero-order chi connectivity index (χ0) is 21.5. The molecule has 0 heterocycles. The van der Waals surface area contributed by atoms with Gasteiger partial charge in [-0.2, -0.15) is 5.26 Å². The highest BCUT2D eigenvalue weighted by atomic mass is 127. The van der Waals surface area contributed by atoms with Gasteiger partial charge in [-0.05, 0) is 60.9 Å². The molecule has 0 spiro atoms. The number of carbonyl (C=O) groups is 1. The first kappa shape index (κ1) is 24.3. The standard InChI is InChI=1S/C20H31IN4O3/c1-19(2,3)28-18(26)25(7-8-27-6)13-20(4,5)12-24-17-15(21)9-14(11-22)10-16(17)23/h9-10,24H,7-8,12-13,23H2,1-6H3. The van der Waals surface area contributed by atoms with Gasteiger partial charge >= 0.3 is 6.09 Å². The zero-order valence-corrected chi connectivity index (χ0v) is 19.7. The van der Waals surface area contributed by atoms with Crippen LogP contribution in [-0.4, -0.2) is 49.9 Å². The van der Waals surface area contributed by atoms with E-state index < -0.39 is 5.60 Å². The van der Waals surface area contributed by atoms with E-state index in [1.807, 2.05) is 20.8 Å². The Morgan fingerprint density at radius 3 is 2.46 bits per heavy atom. The number of benzene rings is 1. The van der Waals surface area contributed by atoms with Gasteiger partial charge in [0.2, 0.25) is 0 Å². The minimum atomic E-state index is -0.558. The maximum Gasteiger partial charge on any atom is 0.410 e. The summed E-state index contributed by atoms with van der Waals surface area (Å²) in [5.74, 6) is 0. The molecule has 0 aliphatic heterocycles. The number of nitrogens with one attached hydrogen (secondary N) is 1. The molecule has 0 aliphatic rings. The van der Waals surface area contributed by atoms with E-state index in [1.54, 1.807) is 24.1 Å². The molecule has 8 heteroatoms. The number of hydrogen-bond donors (Lipinski definition) is 2.